The fraction of sp³-hybridized carbons (Fsp3) is 0.167. The first-order valence-corrected chi connectivity index (χ1v) is 10.2. The van der Waals surface area contributed by atoms with Crippen LogP contribution < -0.4 is 14.7 Å². The van der Waals surface area contributed by atoms with Gasteiger partial charge in [0.2, 0.25) is 10.0 Å². The number of hydrogen-bond acceptors (Lipinski definition) is 5. The van der Waals surface area contributed by atoms with Crippen molar-refractivity contribution < 1.29 is 13.2 Å². The highest BCUT2D eigenvalue weighted by atomic mass is 79.9. The summed E-state index contributed by atoms with van der Waals surface area (Å²) in [4.78, 5) is 5.54. The first kappa shape index (κ1) is 21.4. The van der Waals surface area contributed by atoms with Gasteiger partial charge in [-0.1, -0.05) is 6.07 Å². The topological polar surface area (TPSA) is 86.7 Å². The van der Waals surface area contributed by atoms with E-state index in [4.69, 9.17) is 9.88 Å². The number of aryl methyl sites for hydroxylation is 1. The lowest BCUT2D eigenvalue weighted by atomic mass is 10.1. The van der Waals surface area contributed by atoms with Crippen LogP contribution in [0, 0.1) is 6.92 Å². The summed E-state index contributed by atoms with van der Waals surface area (Å²) in [5.41, 5.74) is 3.46. The Morgan fingerprint density at radius 1 is 1.15 bits per heavy atom. The molecule has 27 heavy (non-hydrogen) atoms. The third-order valence-corrected chi connectivity index (χ3v) is 5.86. The maximum absolute atomic E-state index is 11.7. The van der Waals surface area contributed by atoms with E-state index in [1.165, 1.54) is 17.4 Å². The molecule has 6 nitrogen and oxygen atoms in total. The maximum atomic E-state index is 11.7. The molecule has 2 N–H and O–H groups in total. The molecule has 144 valence electrons. The van der Waals surface area contributed by atoms with Crippen molar-refractivity contribution in [2.45, 2.75) is 11.8 Å². The molecule has 2 aromatic carbocycles. The van der Waals surface area contributed by atoms with Gasteiger partial charge in [-0.2, -0.15) is 0 Å². The van der Waals surface area contributed by atoms with Crippen molar-refractivity contribution >= 4 is 44.0 Å². The molecular weight excluding hydrogens is 450 g/mol. The Morgan fingerprint density at radius 2 is 1.81 bits per heavy atom. The molecule has 0 spiro atoms. The summed E-state index contributed by atoms with van der Waals surface area (Å²) in [6.45, 7) is 1.93. The Bertz CT molecular complexity index is 1120. The zero-order valence-electron chi connectivity index (χ0n) is 15.0. The normalized spacial score (nSPS) is 11.9. The Labute approximate surface area is 172 Å². The van der Waals surface area contributed by atoms with Gasteiger partial charge in [0.25, 0.3) is 0 Å². The van der Waals surface area contributed by atoms with E-state index in [0.717, 1.165) is 33.1 Å². The van der Waals surface area contributed by atoms with Gasteiger partial charge < -0.3 is 9.30 Å². The summed E-state index contributed by atoms with van der Waals surface area (Å²) in [5, 5.41) is 7.22. The highest BCUT2D eigenvalue weighted by Crippen LogP contribution is 2.26. The third kappa shape index (κ3) is 4.67. The zero-order valence-corrected chi connectivity index (χ0v) is 18.4. The van der Waals surface area contributed by atoms with Gasteiger partial charge in [0.05, 0.1) is 23.4 Å². The number of benzene rings is 2. The minimum absolute atomic E-state index is 0. The summed E-state index contributed by atoms with van der Waals surface area (Å²) in [6, 6.07) is 12.3. The number of methoxy groups -OCH3 is 1. The predicted octanol–water partition coefficient (Wildman–Crippen LogP) is 3.53. The van der Waals surface area contributed by atoms with Crippen LogP contribution in [-0.4, -0.2) is 20.1 Å². The molecule has 0 aliphatic carbocycles. The lowest BCUT2D eigenvalue weighted by Crippen LogP contribution is -2.13. The molecule has 1 aromatic heterocycles. The molecule has 9 heteroatoms. The smallest absolute Gasteiger partial charge is 0.238 e. The van der Waals surface area contributed by atoms with Gasteiger partial charge in [0.15, 0.2) is 4.80 Å². The molecule has 0 radical (unpaired) electrons. The van der Waals surface area contributed by atoms with Crippen molar-refractivity contribution in [3.05, 3.63) is 58.2 Å². The van der Waals surface area contributed by atoms with Crippen LogP contribution in [0.15, 0.2) is 57.7 Å². The molecule has 0 atom stereocenters. The van der Waals surface area contributed by atoms with Crippen LogP contribution in [0.4, 0.5) is 5.69 Å². The molecule has 0 fully saturated rings. The van der Waals surface area contributed by atoms with Crippen LogP contribution in [0.2, 0.25) is 0 Å². The average Bonchev–Trinajstić information content (AvgIpc) is 2.95. The molecule has 0 aliphatic heterocycles. The van der Waals surface area contributed by atoms with Crippen LogP contribution in [-0.2, 0) is 17.1 Å². The van der Waals surface area contributed by atoms with Crippen molar-refractivity contribution in [3.63, 3.8) is 0 Å². The third-order valence-electron chi connectivity index (χ3n) is 4.03. The lowest BCUT2D eigenvalue weighted by molar-refractivity contribution is 0.415. The van der Waals surface area contributed by atoms with Crippen molar-refractivity contribution in [1.29, 1.82) is 0 Å². The maximum Gasteiger partial charge on any atom is 0.238 e. The number of aromatic nitrogens is 1. The van der Waals surface area contributed by atoms with E-state index in [1.807, 2.05) is 48.2 Å². The highest BCUT2D eigenvalue weighted by molar-refractivity contribution is 8.93. The van der Waals surface area contributed by atoms with Crippen LogP contribution in [0.3, 0.4) is 0 Å². The number of primary sulfonamides is 1. The first-order valence-electron chi connectivity index (χ1n) is 7.77. The van der Waals surface area contributed by atoms with Crippen molar-refractivity contribution in [2.24, 2.45) is 17.2 Å². The molecular formula is C18H20BrN3O3S2. The van der Waals surface area contributed by atoms with Gasteiger partial charge in [0, 0.05) is 18.0 Å². The summed E-state index contributed by atoms with van der Waals surface area (Å²) in [5.74, 6) is 0.774. The van der Waals surface area contributed by atoms with E-state index in [9.17, 15) is 8.42 Å². The Kier molecular flexibility index (Phi) is 6.63. The minimum Gasteiger partial charge on any atom is -0.497 e. The van der Waals surface area contributed by atoms with E-state index in [1.54, 1.807) is 19.2 Å². The largest absolute Gasteiger partial charge is 0.497 e. The average molecular weight is 470 g/mol. The second-order valence-corrected chi connectivity index (χ2v) is 8.19. The number of hydrogen-bond donors (Lipinski definition) is 1. The van der Waals surface area contributed by atoms with E-state index < -0.39 is 10.0 Å². The molecule has 0 unspecified atom stereocenters. The molecule has 1 heterocycles. The monoisotopic (exact) mass is 469 g/mol. The number of nitrogens with zero attached hydrogens (tertiary/aromatic N) is 2. The molecule has 0 saturated carbocycles. The SMILES string of the molecule is Br.COc1ccc(N=c2scc(-c3cc(S(N)(=O)=O)ccc3C)n2C)cc1. The molecule has 0 amide bonds. The molecule has 0 aliphatic rings. The number of sulfonamides is 1. The fourth-order valence-corrected chi connectivity index (χ4v) is 3.99. The van der Waals surface area contributed by atoms with Gasteiger partial charge in [-0.05, 0) is 48.9 Å². The summed E-state index contributed by atoms with van der Waals surface area (Å²) < 4.78 is 30.4. The van der Waals surface area contributed by atoms with Gasteiger partial charge in [-0.15, -0.1) is 28.3 Å². The minimum atomic E-state index is -3.75. The number of rotatable bonds is 4. The number of thiazole rings is 1. The number of ether oxygens (including phenoxy) is 1. The first-order chi connectivity index (χ1) is 12.3. The Balaban J connectivity index is 0.00000261. The summed E-state index contributed by atoms with van der Waals surface area (Å²) >= 11 is 1.48. The fourth-order valence-electron chi connectivity index (χ4n) is 2.54. The Hall–Kier alpha value is -1.94. The standard InChI is InChI=1S/C18H19N3O3S2.BrH/c1-12-4-9-15(26(19,22)23)10-16(12)17-11-25-18(21(17)2)20-13-5-7-14(24-3)8-6-13;/h4-11H,1-3H3,(H2,19,22,23);1H. The summed E-state index contributed by atoms with van der Waals surface area (Å²) in [7, 11) is -0.232. The zero-order chi connectivity index (χ0) is 18.9. The van der Waals surface area contributed by atoms with Gasteiger partial charge in [0.1, 0.15) is 5.75 Å². The molecule has 3 aromatic rings. The number of halogens is 1. The van der Waals surface area contributed by atoms with Crippen LogP contribution in [0.1, 0.15) is 5.56 Å². The molecule has 0 saturated heterocycles. The van der Waals surface area contributed by atoms with Gasteiger partial charge >= 0.3 is 0 Å². The number of nitrogens with two attached hydrogens (primary N) is 1. The van der Waals surface area contributed by atoms with E-state index in [2.05, 4.69) is 4.99 Å². The van der Waals surface area contributed by atoms with Gasteiger partial charge in [-0.25, -0.2) is 18.5 Å². The highest BCUT2D eigenvalue weighted by Gasteiger charge is 2.13. The van der Waals surface area contributed by atoms with Crippen molar-refractivity contribution in [2.75, 3.05) is 7.11 Å². The quantitative estimate of drug-likeness (QED) is 0.633. The van der Waals surface area contributed by atoms with Gasteiger partial charge in [-0.3, -0.25) is 0 Å². The van der Waals surface area contributed by atoms with Crippen LogP contribution in [0.5, 0.6) is 5.75 Å². The van der Waals surface area contributed by atoms with Crippen LogP contribution >= 0.6 is 28.3 Å². The molecule has 3 rings (SSSR count). The predicted molar refractivity (Wildman–Crippen MR) is 113 cm³/mol. The second-order valence-electron chi connectivity index (χ2n) is 5.79. The van der Waals surface area contributed by atoms with E-state index in [-0.39, 0.29) is 21.9 Å². The summed E-state index contributed by atoms with van der Waals surface area (Å²) in [6.07, 6.45) is 0. The second kappa shape index (κ2) is 8.39. The van der Waals surface area contributed by atoms with Crippen LogP contribution in [0.25, 0.3) is 11.3 Å². The van der Waals surface area contributed by atoms with Crippen molar-refractivity contribution in [3.8, 4) is 17.0 Å². The van der Waals surface area contributed by atoms with Crippen molar-refractivity contribution in [1.82, 2.24) is 4.57 Å². The molecule has 0 bridgehead atoms. The lowest BCUT2D eigenvalue weighted by Gasteiger charge is -2.09. The van der Waals surface area contributed by atoms with E-state index >= 15 is 0 Å². The Morgan fingerprint density at radius 3 is 2.41 bits per heavy atom. The van der Waals surface area contributed by atoms with E-state index in [0.29, 0.717) is 0 Å².